The average Bonchev–Trinajstić information content (AvgIpc) is 3.22. The minimum atomic E-state index is -4.33. The maximum absolute atomic E-state index is 12.9. The standard InChI is InChI=1S/C24H31F3N6O/c1-13(2)20-22(34)30-19-14(3)28-23(31-21(19)33(20)5)29-16-8-11-18(12-16)32(4)17-9-6-15(7-10-17)24(25,26)27/h6-7,9-10,13,16,18,20H,8,11-12H2,1-5H3,(H,30,34)(H,28,29,31)/t16-,18+,20-/m0/s1. The number of aryl methyl sites for hydroxylation is 1. The zero-order chi connectivity index (χ0) is 24.8. The molecule has 0 bridgehead atoms. The summed E-state index contributed by atoms with van der Waals surface area (Å²) in [5.74, 6) is 1.29. The SMILES string of the molecule is Cc1nc(N[C@H]2CC[C@@H](N(C)c3ccc(C(F)(F)F)cc3)C2)nc2c1NC(=O)[C@H](C(C)C)N2C. The number of likely N-dealkylation sites (N-methyl/N-ethyl adjacent to an activating group) is 1. The van der Waals surface area contributed by atoms with E-state index in [2.05, 4.69) is 15.6 Å². The first-order valence-electron chi connectivity index (χ1n) is 11.5. The van der Waals surface area contributed by atoms with Crippen LogP contribution in [0.2, 0.25) is 0 Å². The van der Waals surface area contributed by atoms with Gasteiger partial charge in [0.15, 0.2) is 5.82 Å². The second kappa shape index (κ2) is 8.96. The number of anilines is 4. The van der Waals surface area contributed by atoms with Crippen molar-refractivity contribution >= 4 is 29.0 Å². The monoisotopic (exact) mass is 476 g/mol. The molecule has 0 spiro atoms. The number of carbonyl (C=O) groups is 1. The molecule has 2 aromatic rings. The number of benzene rings is 1. The van der Waals surface area contributed by atoms with Gasteiger partial charge in [-0.1, -0.05) is 13.8 Å². The molecule has 0 saturated heterocycles. The summed E-state index contributed by atoms with van der Waals surface area (Å²) in [5, 5.41) is 6.39. The molecule has 2 N–H and O–H groups in total. The lowest BCUT2D eigenvalue weighted by atomic mass is 9.99. The van der Waals surface area contributed by atoms with Crippen LogP contribution in [-0.4, -0.2) is 48.1 Å². The fourth-order valence-electron chi connectivity index (χ4n) is 5.00. The highest BCUT2D eigenvalue weighted by atomic mass is 19.4. The van der Waals surface area contributed by atoms with Crippen LogP contribution in [0.3, 0.4) is 0 Å². The van der Waals surface area contributed by atoms with Crippen LogP contribution in [0.4, 0.5) is 36.3 Å². The fourth-order valence-corrected chi connectivity index (χ4v) is 5.00. The lowest BCUT2D eigenvalue weighted by molar-refractivity contribution is -0.137. The van der Waals surface area contributed by atoms with Crippen LogP contribution < -0.4 is 20.4 Å². The maximum Gasteiger partial charge on any atom is 0.416 e. The van der Waals surface area contributed by atoms with Crippen molar-refractivity contribution in [1.82, 2.24) is 9.97 Å². The van der Waals surface area contributed by atoms with Gasteiger partial charge in [0.2, 0.25) is 11.9 Å². The Kier molecular flexibility index (Phi) is 6.35. The van der Waals surface area contributed by atoms with E-state index < -0.39 is 11.7 Å². The number of rotatable bonds is 5. The predicted molar refractivity (Wildman–Crippen MR) is 127 cm³/mol. The third kappa shape index (κ3) is 4.63. The third-order valence-corrected chi connectivity index (χ3v) is 6.86. The normalized spacial score (nSPS) is 22.6. The Balaban J connectivity index is 1.45. The molecule has 2 heterocycles. The number of halogens is 3. The molecule has 1 saturated carbocycles. The Labute approximate surface area is 197 Å². The van der Waals surface area contributed by atoms with E-state index in [9.17, 15) is 18.0 Å². The third-order valence-electron chi connectivity index (χ3n) is 6.86. The van der Waals surface area contributed by atoms with Gasteiger partial charge in [0, 0.05) is 31.9 Å². The summed E-state index contributed by atoms with van der Waals surface area (Å²) in [6, 6.07) is 5.33. The average molecular weight is 477 g/mol. The Morgan fingerprint density at radius 1 is 1.18 bits per heavy atom. The number of fused-ring (bicyclic) bond motifs is 1. The van der Waals surface area contributed by atoms with Crippen molar-refractivity contribution in [2.75, 3.05) is 34.5 Å². The maximum atomic E-state index is 12.9. The largest absolute Gasteiger partial charge is 0.416 e. The van der Waals surface area contributed by atoms with Gasteiger partial charge in [0.05, 0.1) is 11.3 Å². The summed E-state index contributed by atoms with van der Waals surface area (Å²) in [4.78, 5) is 25.8. The van der Waals surface area contributed by atoms with Gasteiger partial charge in [0.25, 0.3) is 0 Å². The fraction of sp³-hybridized carbons (Fsp3) is 0.542. The van der Waals surface area contributed by atoms with E-state index in [1.165, 1.54) is 12.1 Å². The summed E-state index contributed by atoms with van der Waals surface area (Å²) in [6.45, 7) is 5.86. The number of carbonyl (C=O) groups excluding carboxylic acids is 1. The van der Waals surface area contributed by atoms with Gasteiger partial charge in [-0.05, 0) is 56.4 Å². The summed E-state index contributed by atoms with van der Waals surface area (Å²) in [7, 11) is 3.79. The summed E-state index contributed by atoms with van der Waals surface area (Å²) in [6.07, 6.45) is -1.71. The molecule has 2 aliphatic rings. The molecule has 1 aromatic carbocycles. The number of hydrogen-bond acceptors (Lipinski definition) is 6. The second-order valence-corrected chi connectivity index (χ2v) is 9.58. The molecular weight excluding hydrogens is 445 g/mol. The molecule has 34 heavy (non-hydrogen) atoms. The van der Waals surface area contributed by atoms with Crippen LogP contribution in [0, 0.1) is 12.8 Å². The summed E-state index contributed by atoms with van der Waals surface area (Å²) in [5.41, 5.74) is 1.46. The van der Waals surface area contributed by atoms with Gasteiger partial charge in [0.1, 0.15) is 11.7 Å². The van der Waals surface area contributed by atoms with E-state index in [4.69, 9.17) is 4.98 Å². The first-order chi connectivity index (χ1) is 16.0. The summed E-state index contributed by atoms with van der Waals surface area (Å²) >= 11 is 0. The number of alkyl halides is 3. The van der Waals surface area contributed by atoms with Crippen LogP contribution in [0.1, 0.15) is 44.4 Å². The number of amides is 1. The summed E-state index contributed by atoms with van der Waals surface area (Å²) < 4.78 is 38.6. The molecule has 1 amide bonds. The topological polar surface area (TPSA) is 73.4 Å². The number of aromatic nitrogens is 2. The molecule has 0 radical (unpaired) electrons. The first kappa shape index (κ1) is 24.1. The van der Waals surface area contributed by atoms with E-state index in [0.717, 1.165) is 37.1 Å². The Bertz CT molecular complexity index is 1060. The van der Waals surface area contributed by atoms with Crippen molar-refractivity contribution in [1.29, 1.82) is 0 Å². The molecule has 3 atom stereocenters. The molecule has 184 valence electrons. The van der Waals surface area contributed by atoms with Crippen LogP contribution >= 0.6 is 0 Å². The molecule has 1 aliphatic carbocycles. The molecule has 7 nitrogen and oxygen atoms in total. The van der Waals surface area contributed by atoms with Gasteiger partial charge in [-0.2, -0.15) is 18.2 Å². The Morgan fingerprint density at radius 2 is 1.85 bits per heavy atom. The predicted octanol–water partition coefficient (Wildman–Crippen LogP) is 4.69. The Morgan fingerprint density at radius 3 is 2.47 bits per heavy atom. The molecule has 1 fully saturated rings. The van der Waals surface area contributed by atoms with E-state index in [0.29, 0.717) is 23.1 Å². The first-order valence-corrected chi connectivity index (χ1v) is 11.5. The molecule has 1 aromatic heterocycles. The van der Waals surface area contributed by atoms with Crippen LogP contribution in [0.25, 0.3) is 0 Å². The van der Waals surface area contributed by atoms with Crippen molar-refractivity contribution < 1.29 is 18.0 Å². The number of hydrogen-bond donors (Lipinski definition) is 2. The van der Waals surface area contributed by atoms with Crippen molar-refractivity contribution in [3.05, 3.63) is 35.5 Å². The molecule has 4 rings (SSSR count). The van der Waals surface area contributed by atoms with Crippen molar-refractivity contribution in [3.8, 4) is 0 Å². The number of nitrogens with one attached hydrogen (secondary N) is 2. The molecular formula is C24H31F3N6O. The van der Waals surface area contributed by atoms with E-state index in [1.807, 2.05) is 44.7 Å². The molecule has 10 heteroatoms. The van der Waals surface area contributed by atoms with Crippen molar-refractivity contribution in [2.24, 2.45) is 5.92 Å². The van der Waals surface area contributed by atoms with Gasteiger partial charge >= 0.3 is 6.18 Å². The van der Waals surface area contributed by atoms with Gasteiger partial charge < -0.3 is 20.4 Å². The van der Waals surface area contributed by atoms with Gasteiger partial charge in [-0.3, -0.25) is 4.79 Å². The van der Waals surface area contributed by atoms with E-state index in [-0.39, 0.29) is 30.0 Å². The quantitative estimate of drug-likeness (QED) is 0.653. The lowest BCUT2D eigenvalue weighted by Crippen LogP contribution is -2.49. The van der Waals surface area contributed by atoms with E-state index in [1.54, 1.807) is 0 Å². The smallest absolute Gasteiger partial charge is 0.372 e. The highest BCUT2D eigenvalue weighted by molar-refractivity contribution is 6.03. The zero-order valence-corrected chi connectivity index (χ0v) is 20.1. The Hall–Kier alpha value is -3.04. The van der Waals surface area contributed by atoms with E-state index >= 15 is 0 Å². The van der Waals surface area contributed by atoms with Crippen LogP contribution in [-0.2, 0) is 11.0 Å². The van der Waals surface area contributed by atoms with Gasteiger partial charge in [-0.25, -0.2) is 4.98 Å². The lowest BCUT2D eigenvalue weighted by Gasteiger charge is -2.37. The minimum absolute atomic E-state index is 0.0534. The molecule has 0 unspecified atom stereocenters. The van der Waals surface area contributed by atoms with Crippen LogP contribution in [0.5, 0.6) is 0 Å². The van der Waals surface area contributed by atoms with Gasteiger partial charge in [-0.15, -0.1) is 0 Å². The molecule has 1 aliphatic heterocycles. The number of nitrogens with zero attached hydrogens (tertiary/aromatic N) is 4. The highest BCUT2D eigenvalue weighted by Gasteiger charge is 2.36. The van der Waals surface area contributed by atoms with Crippen molar-refractivity contribution in [2.45, 2.75) is 64.3 Å². The zero-order valence-electron chi connectivity index (χ0n) is 20.1. The van der Waals surface area contributed by atoms with Crippen LogP contribution in [0.15, 0.2) is 24.3 Å². The highest BCUT2D eigenvalue weighted by Crippen LogP contribution is 2.36. The van der Waals surface area contributed by atoms with Crippen molar-refractivity contribution in [3.63, 3.8) is 0 Å². The second-order valence-electron chi connectivity index (χ2n) is 9.58. The minimum Gasteiger partial charge on any atom is -0.372 e.